The quantitative estimate of drug-likeness (QED) is 0.634. The van der Waals surface area contributed by atoms with Crippen LogP contribution in [0.15, 0.2) is 0 Å². The van der Waals surface area contributed by atoms with Crippen molar-refractivity contribution in [3.63, 3.8) is 0 Å². The summed E-state index contributed by atoms with van der Waals surface area (Å²) in [5.41, 5.74) is 0. The second-order valence-electron chi connectivity index (χ2n) is 8.30. The molecule has 3 fully saturated rings. The molecular weight excluding hydrogens is 256 g/mol. The van der Waals surface area contributed by atoms with Crippen LogP contribution in [0.4, 0.5) is 0 Å². The van der Waals surface area contributed by atoms with Crippen LogP contribution in [0.1, 0.15) is 85.0 Å². The van der Waals surface area contributed by atoms with E-state index in [0.29, 0.717) is 12.2 Å². The summed E-state index contributed by atoms with van der Waals surface area (Å²) in [6.45, 7) is 6.89. The summed E-state index contributed by atoms with van der Waals surface area (Å²) in [6.07, 6.45) is 15.4. The van der Waals surface area contributed by atoms with Gasteiger partial charge in [-0.25, -0.2) is 0 Å². The molecule has 0 spiro atoms. The van der Waals surface area contributed by atoms with E-state index in [9.17, 15) is 0 Å². The SMILES string of the molecule is CCC1CCC2C(CCC3CC(OC(C)CC)CCC32)C1. The van der Waals surface area contributed by atoms with E-state index < -0.39 is 0 Å². The lowest BCUT2D eigenvalue weighted by molar-refractivity contribution is -0.0758. The van der Waals surface area contributed by atoms with E-state index in [1.807, 2.05) is 0 Å². The minimum Gasteiger partial charge on any atom is -0.375 e. The zero-order valence-electron chi connectivity index (χ0n) is 14.5. The van der Waals surface area contributed by atoms with Crippen LogP contribution in [0.5, 0.6) is 0 Å². The van der Waals surface area contributed by atoms with Gasteiger partial charge in [-0.2, -0.15) is 0 Å². The van der Waals surface area contributed by atoms with Crippen molar-refractivity contribution < 1.29 is 4.74 Å². The van der Waals surface area contributed by atoms with Gasteiger partial charge in [-0.05, 0) is 87.9 Å². The van der Waals surface area contributed by atoms with E-state index in [0.717, 1.165) is 36.0 Å². The van der Waals surface area contributed by atoms with Crippen LogP contribution < -0.4 is 0 Å². The van der Waals surface area contributed by atoms with Crippen LogP contribution >= 0.6 is 0 Å². The first-order valence-electron chi connectivity index (χ1n) is 9.86. The van der Waals surface area contributed by atoms with Gasteiger partial charge >= 0.3 is 0 Å². The molecule has 3 rings (SSSR count). The molecular formula is C20H36O. The smallest absolute Gasteiger partial charge is 0.0581 e. The van der Waals surface area contributed by atoms with Crippen molar-refractivity contribution >= 4 is 0 Å². The van der Waals surface area contributed by atoms with E-state index in [2.05, 4.69) is 20.8 Å². The standard InChI is InChI=1S/C20H36O/c1-4-14(3)21-18-9-11-20-17(13-18)8-7-16-12-15(5-2)6-10-19(16)20/h14-20H,4-13H2,1-3H3. The molecule has 7 atom stereocenters. The highest BCUT2D eigenvalue weighted by molar-refractivity contribution is 4.94. The third kappa shape index (κ3) is 3.49. The Kier molecular flexibility index (Phi) is 5.30. The van der Waals surface area contributed by atoms with Gasteiger partial charge in [0.25, 0.3) is 0 Å². The van der Waals surface area contributed by atoms with Crippen LogP contribution in [0.25, 0.3) is 0 Å². The van der Waals surface area contributed by atoms with Gasteiger partial charge in [0.15, 0.2) is 0 Å². The van der Waals surface area contributed by atoms with Crippen molar-refractivity contribution in [2.24, 2.45) is 29.6 Å². The molecule has 122 valence electrons. The Hall–Kier alpha value is -0.0400. The number of rotatable bonds is 4. The molecule has 3 saturated carbocycles. The van der Waals surface area contributed by atoms with Gasteiger partial charge in [0.2, 0.25) is 0 Å². The van der Waals surface area contributed by atoms with Crippen molar-refractivity contribution in [2.75, 3.05) is 0 Å². The Balaban J connectivity index is 1.56. The second kappa shape index (κ2) is 7.02. The molecule has 1 heteroatoms. The molecule has 0 aromatic carbocycles. The fourth-order valence-corrected chi connectivity index (χ4v) is 5.77. The maximum atomic E-state index is 6.26. The molecule has 0 N–H and O–H groups in total. The van der Waals surface area contributed by atoms with Crippen molar-refractivity contribution in [1.82, 2.24) is 0 Å². The fourth-order valence-electron chi connectivity index (χ4n) is 5.77. The molecule has 3 aliphatic rings. The van der Waals surface area contributed by atoms with Crippen molar-refractivity contribution in [3.8, 4) is 0 Å². The van der Waals surface area contributed by atoms with Crippen LogP contribution in [-0.4, -0.2) is 12.2 Å². The number of hydrogen-bond donors (Lipinski definition) is 0. The summed E-state index contributed by atoms with van der Waals surface area (Å²) in [5, 5.41) is 0. The van der Waals surface area contributed by atoms with E-state index in [4.69, 9.17) is 4.74 Å². The largest absolute Gasteiger partial charge is 0.375 e. The summed E-state index contributed by atoms with van der Waals surface area (Å²) >= 11 is 0. The molecule has 0 aromatic heterocycles. The van der Waals surface area contributed by atoms with Crippen molar-refractivity contribution in [3.05, 3.63) is 0 Å². The molecule has 0 aromatic rings. The summed E-state index contributed by atoms with van der Waals surface area (Å²) in [6, 6.07) is 0. The molecule has 0 aliphatic heterocycles. The van der Waals surface area contributed by atoms with E-state index in [1.165, 1.54) is 44.9 Å². The van der Waals surface area contributed by atoms with Gasteiger partial charge in [-0.1, -0.05) is 26.7 Å². The highest BCUT2D eigenvalue weighted by Gasteiger charge is 2.44. The first-order chi connectivity index (χ1) is 10.2. The predicted octanol–water partition coefficient (Wildman–Crippen LogP) is 5.82. The third-order valence-electron chi connectivity index (χ3n) is 7.18. The van der Waals surface area contributed by atoms with Crippen LogP contribution in [0, 0.1) is 29.6 Å². The molecule has 0 heterocycles. The zero-order valence-corrected chi connectivity index (χ0v) is 14.5. The predicted molar refractivity (Wildman–Crippen MR) is 89.3 cm³/mol. The highest BCUT2D eigenvalue weighted by Crippen LogP contribution is 2.53. The Labute approximate surface area is 132 Å². The molecule has 0 bridgehead atoms. The fraction of sp³-hybridized carbons (Fsp3) is 1.00. The molecule has 0 amide bonds. The summed E-state index contributed by atoms with van der Waals surface area (Å²) < 4.78 is 6.26. The molecule has 0 radical (unpaired) electrons. The highest BCUT2D eigenvalue weighted by atomic mass is 16.5. The molecule has 7 unspecified atom stereocenters. The number of fused-ring (bicyclic) bond motifs is 3. The molecule has 3 aliphatic carbocycles. The lowest BCUT2D eigenvalue weighted by Crippen LogP contribution is -2.43. The van der Waals surface area contributed by atoms with Crippen LogP contribution in [-0.2, 0) is 4.74 Å². The number of hydrogen-bond acceptors (Lipinski definition) is 1. The Bertz CT molecular complexity index is 326. The van der Waals surface area contributed by atoms with Gasteiger partial charge in [-0.3, -0.25) is 0 Å². The Morgan fingerprint density at radius 3 is 2.19 bits per heavy atom. The first-order valence-corrected chi connectivity index (χ1v) is 9.86. The summed E-state index contributed by atoms with van der Waals surface area (Å²) in [4.78, 5) is 0. The Morgan fingerprint density at radius 2 is 1.52 bits per heavy atom. The normalized spacial score (nSPS) is 44.7. The van der Waals surface area contributed by atoms with Crippen molar-refractivity contribution in [1.29, 1.82) is 0 Å². The summed E-state index contributed by atoms with van der Waals surface area (Å²) in [7, 11) is 0. The summed E-state index contributed by atoms with van der Waals surface area (Å²) in [5.74, 6) is 5.26. The molecule has 21 heavy (non-hydrogen) atoms. The van der Waals surface area contributed by atoms with Gasteiger partial charge in [0.05, 0.1) is 12.2 Å². The topological polar surface area (TPSA) is 9.23 Å². The maximum Gasteiger partial charge on any atom is 0.0581 e. The Morgan fingerprint density at radius 1 is 0.857 bits per heavy atom. The average Bonchev–Trinajstić information content (AvgIpc) is 2.53. The maximum absolute atomic E-state index is 6.26. The second-order valence-corrected chi connectivity index (χ2v) is 8.30. The number of ether oxygens (including phenoxy) is 1. The molecule has 1 nitrogen and oxygen atoms in total. The average molecular weight is 293 g/mol. The molecule has 0 saturated heterocycles. The van der Waals surface area contributed by atoms with Crippen molar-refractivity contribution in [2.45, 2.75) is 97.2 Å². The monoisotopic (exact) mass is 292 g/mol. The van der Waals surface area contributed by atoms with Crippen LogP contribution in [0.3, 0.4) is 0 Å². The minimum absolute atomic E-state index is 0.461. The van der Waals surface area contributed by atoms with Gasteiger partial charge in [-0.15, -0.1) is 0 Å². The minimum atomic E-state index is 0.461. The van der Waals surface area contributed by atoms with Gasteiger partial charge < -0.3 is 4.74 Å². The van der Waals surface area contributed by atoms with E-state index in [1.54, 1.807) is 12.8 Å². The van der Waals surface area contributed by atoms with E-state index >= 15 is 0 Å². The van der Waals surface area contributed by atoms with Gasteiger partial charge in [0.1, 0.15) is 0 Å². The lowest BCUT2D eigenvalue weighted by atomic mass is 9.56. The first kappa shape index (κ1) is 15.8. The van der Waals surface area contributed by atoms with Gasteiger partial charge in [0, 0.05) is 0 Å². The zero-order chi connectivity index (χ0) is 14.8. The third-order valence-corrected chi connectivity index (χ3v) is 7.18. The lowest BCUT2D eigenvalue weighted by Gasteiger charge is -2.50. The van der Waals surface area contributed by atoms with E-state index in [-0.39, 0.29) is 0 Å². The van der Waals surface area contributed by atoms with Crippen LogP contribution in [0.2, 0.25) is 0 Å².